The number of hydrogen-bond acceptors (Lipinski definition) is 0. The lowest BCUT2D eigenvalue weighted by Crippen LogP contribution is -2.29. The maximum absolute atomic E-state index is 2.54. The Balaban J connectivity index is 1.62. The quantitative estimate of drug-likeness (QED) is 0.177. The van der Waals surface area contributed by atoms with Crippen LogP contribution in [0.3, 0.4) is 0 Å². The molecule has 2 heteroatoms. The molecule has 2 unspecified atom stereocenters. The summed E-state index contributed by atoms with van der Waals surface area (Å²) in [6.07, 6.45) is 15.7. The molecule has 2 aromatic rings. The molecular weight excluding hydrogens is 414 g/mol. The monoisotopic (exact) mass is 462 g/mol. The summed E-state index contributed by atoms with van der Waals surface area (Å²) in [6, 6.07) is 14.5. The van der Waals surface area contributed by atoms with E-state index in [1.54, 1.807) is 10.6 Å². The van der Waals surface area contributed by atoms with E-state index in [0.29, 0.717) is 0 Å². The zero-order valence-corrected chi connectivity index (χ0v) is 23.3. The van der Waals surface area contributed by atoms with Crippen molar-refractivity contribution in [3.8, 4) is 0 Å². The molecule has 1 fully saturated rings. The third-order valence-corrected chi connectivity index (χ3v) is 10.5. The molecular formula is C31H48BP. The van der Waals surface area contributed by atoms with E-state index in [-0.39, 0.29) is 7.92 Å². The molecule has 1 aliphatic rings. The normalized spacial score (nSPS) is 18.8. The predicted octanol–water partition coefficient (Wildman–Crippen LogP) is 9.15. The topological polar surface area (TPSA) is 0 Å². The molecule has 3 rings (SSSR count). The maximum atomic E-state index is 2.54. The molecule has 0 saturated carbocycles. The summed E-state index contributed by atoms with van der Waals surface area (Å²) in [7, 11) is -0.272. The molecule has 33 heavy (non-hydrogen) atoms. The zero-order chi connectivity index (χ0) is 23.8. The van der Waals surface area contributed by atoms with Gasteiger partial charge in [-0.2, -0.15) is 0 Å². The maximum Gasteiger partial charge on any atom is 0.146 e. The van der Waals surface area contributed by atoms with Gasteiger partial charge in [-0.05, 0) is 58.8 Å². The summed E-state index contributed by atoms with van der Waals surface area (Å²) in [5, 5.41) is 3.15. The van der Waals surface area contributed by atoms with Crippen LogP contribution in [0.15, 0.2) is 36.4 Å². The van der Waals surface area contributed by atoms with E-state index in [0.717, 1.165) is 18.3 Å². The Bertz CT molecular complexity index is 781. The number of aryl methyl sites for hydroxylation is 4. The summed E-state index contributed by atoms with van der Waals surface area (Å²) in [6.45, 7) is 14.9. The Hall–Kier alpha value is -1.07. The van der Waals surface area contributed by atoms with Gasteiger partial charge in [-0.3, -0.25) is 0 Å². The highest BCUT2D eigenvalue weighted by Gasteiger charge is 2.32. The predicted molar refractivity (Wildman–Crippen MR) is 154 cm³/mol. The summed E-state index contributed by atoms with van der Waals surface area (Å²) < 4.78 is 0. The standard InChI is InChI=1S/C31H48BP/c1-7-8-14-29-15-12-13-28(6)32(29)16-10-9-11-17-33(30-20-24(2)18-25(3)21-30)31-22-26(4)19-27(5)23-31/h18-23,28-29H,7-17H2,1-6H3. The minimum atomic E-state index is -0.272. The first-order valence-corrected chi connectivity index (χ1v) is 15.3. The zero-order valence-electron chi connectivity index (χ0n) is 22.4. The lowest BCUT2D eigenvalue weighted by molar-refractivity contribution is 0.525. The van der Waals surface area contributed by atoms with E-state index in [1.165, 1.54) is 92.5 Å². The average Bonchev–Trinajstić information content (AvgIpc) is 2.74. The van der Waals surface area contributed by atoms with Crippen molar-refractivity contribution in [1.29, 1.82) is 0 Å². The van der Waals surface area contributed by atoms with Crippen LogP contribution in [0.1, 0.15) is 93.9 Å². The molecule has 2 aromatic carbocycles. The number of unbranched alkanes of at least 4 members (excludes halogenated alkanes) is 3. The van der Waals surface area contributed by atoms with Crippen molar-refractivity contribution < 1.29 is 0 Å². The highest BCUT2D eigenvalue weighted by atomic mass is 31.1. The fourth-order valence-corrected chi connectivity index (χ4v) is 9.18. The van der Waals surface area contributed by atoms with Crippen molar-refractivity contribution in [1.82, 2.24) is 0 Å². The molecule has 0 aliphatic carbocycles. The average molecular weight is 463 g/mol. The SMILES string of the molecule is CCCCC1CCCC(C)B1CCCCCP(c1cc(C)cc(C)c1)c1cc(C)cc(C)c1. The Morgan fingerprint density at radius 2 is 1.33 bits per heavy atom. The van der Waals surface area contributed by atoms with E-state index in [9.17, 15) is 0 Å². The van der Waals surface area contributed by atoms with Crippen LogP contribution in [0, 0.1) is 27.7 Å². The molecule has 0 bridgehead atoms. The number of hydrogen-bond donors (Lipinski definition) is 0. The largest absolute Gasteiger partial charge is 0.146 e. The van der Waals surface area contributed by atoms with Crippen molar-refractivity contribution in [2.45, 2.75) is 117 Å². The Morgan fingerprint density at radius 3 is 1.88 bits per heavy atom. The van der Waals surface area contributed by atoms with E-state index in [1.807, 2.05) is 0 Å². The van der Waals surface area contributed by atoms with Crippen LogP contribution in [0.2, 0.25) is 18.0 Å². The van der Waals surface area contributed by atoms with E-state index >= 15 is 0 Å². The van der Waals surface area contributed by atoms with Crippen molar-refractivity contribution in [2.75, 3.05) is 6.16 Å². The first-order valence-electron chi connectivity index (χ1n) is 13.8. The van der Waals surface area contributed by atoms with Gasteiger partial charge in [-0.15, -0.1) is 0 Å². The molecule has 180 valence electrons. The fourth-order valence-electron chi connectivity index (χ4n) is 6.39. The van der Waals surface area contributed by atoms with Gasteiger partial charge in [0.25, 0.3) is 0 Å². The van der Waals surface area contributed by atoms with Crippen molar-refractivity contribution >= 4 is 25.2 Å². The third-order valence-electron chi connectivity index (χ3n) is 7.95. The summed E-state index contributed by atoms with van der Waals surface area (Å²) >= 11 is 0. The van der Waals surface area contributed by atoms with Crippen molar-refractivity contribution in [3.63, 3.8) is 0 Å². The summed E-state index contributed by atoms with van der Waals surface area (Å²) in [5.41, 5.74) is 5.63. The highest BCUT2D eigenvalue weighted by Crippen LogP contribution is 2.42. The van der Waals surface area contributed by atoms with Crippen LogP contribution >= 0.6 is 7.92 Å². The van der Waals surface area contributed by atoms with E-state index in [4.69, 9.17) is 0 Å². The minimum absolute atomic E-state index is 0.272. The molecule has 0 nitrogen and oxygen atoms in total. The molecule has 0 amide bonds. The van der Waals surface area contributed by atoms with Gasteiger partial charge in [0, 0.05) is 0 Å². The van der Waals surface area contributed by atoms with Crippen LogP contribution in [-0.2, 0) is 0 Å². The minimum Gasteiger partial charge on any atom is -0.0737 e. The van der Waals surface area contributed by atoms with E-state index < -0.39 is 0 Å². The number of rotatable bonds is 11. The van der Waals surface area contributed by atoms with Gasteiger partial charge in [0.2, 0.25) is 0 Å². The summed E-state index contributed by atoms with van der Waals surface area (Å²) in [4.78, 5) is 0. The fraction of sp³-hybridized carbons (Fsp3) is 0.613. The van der Waals surface area contributed by atoms with Gasteiger partial charge in [0.05, 0.1) is 0 Å². The van der Waals surface area contributed by atoms with Crippen LogP contribution in [-0.4, -0.2) is 12.9 Å². The van der Waals surface area contributed by atoms with E-state index in [2.05, 4.69) is 77.9 Å². The Labute approximate surface area is 207 Å². The number of benzene rings is 2. The van der Waals surface area contributed by atoms with Gasteiger partial charge < -0.3 is 0 Å². The first kappa shape index (κ1) is 26.5. The third kappa shape index (κ3) is 7.99. The van der Waals surface area contributed by atoms with Gasteiger partial charge in [-0.1, -0.05) is 142 Å². The van der Waals surface area contributed by atoms with Crippen molar-refractivity contribution in [3.05, 3.63) is 58.7 Å². The molecule has 1 saturated heterocycles. The van der Waals surface area contributed by atoms with Crippen LogP contribution in [0.25, 0.3) is 0 Å². The molecule has 1 aliphatic heterocycles. The van der Waals surface area contributed by atoms with Crippen molar-refractivity contribution in [2.24, 2.45) is 0 Å². The van der Waals surface area contributed by atoms with Gasteiger partial charge in [0.1, 0.15) is 6.71 Å². The molecule has 1 heterocycles. The lowest BCUT2D eigenvalue weighted by atomic mass is 9.28. The second kappa shape index (κ2) is 13.1. The molecule has 0 radical (unpaired) electrons. The lowest BCUT2D eigenvalue weighted by Gasteiger charge is -2.34. The van der Waals surface area contributed by atoms with Gasteiger partial charge >= 0.3 is 0 Å². The molecule has 0 spiro atoms. The molecule has 2 atom stereocenters. The smallest absolute Gasteiger partial charge is 0.0737 e. The van der Waals surface area contributed by atoms with Crippen LogP contribution in [0.5, 0.6) is 0 Å². The molecule has 0 aromatic heterocycles. The Kier molecular flexibility index (Phi) is 10.6. The Morgan fingerprint density at radius 1 is 0.758 bits per heavy atom. The van der Waals surface area contributed by atoms with Crippen LogP contribution in [0.4, 0.5) is 0 Å². The second-order valence-electron chi connectivity index (χ2n) is 11.2. The van der Waals surface area contributed by atoms with Gasteiger partial charge in [0.15, 0.2) is 0 Å². The molecule has 0 N–H and O–H groups in total. The summed E-state index contributed by atoms with van der Waals surface area (Å²) in [5.74, 6) is 1.96. The second-order valence-corrected chi connectivity index (χ2v) is 13.5. The van der Waals surface area contributed by atoms with Crippen LogP contribution < -0.4 is 10.6 Å². The van der Waals surface area contributed by atoms with Gasteiger partial charge in [-0.25, -0.2) is 0 Å². The first-order chi connectivity index (χ1) is 15.9. The highest BCUT2D eigenvalue weighted by molar-refractivity contribution is 7.73.